The first-order chi connectivity index (χ1) is 26.2. The fourth-order valence-corrected chi connectivity index (χ4v) is 8.82. The van der Waals surface area contributed by atoms with Gasteiger partial charge in [0.15, 0.2) is 11.1 Å². The molecule has 0 aliphatic carbocycles. The first-order valence-electron chi connectivity index (χ1n) is 18.6. The largest absolute Gasteiger partial charge is 0.454 e. The van der Waals surface area contributed by atoms with Gasteiger partial charge >= 0.3 is 0 Å². The van der Waals surface area contributed by atoms with Crippen LogP contribution in [0.3, 0.4) is 0 Å². The standard InChI is InChI=1S/C41H40ClN7O5/c42-31-2-1-3-33-36(31)38(51)37-34(54-33)21-30(39(43)45-37)25-4-6-27(7-5-25)47-14-12-24(13-15-47)22-46-16-18-48(19-17-46)28-8-9-29-26(20-28)23-49(41(29)53)32-10-11-35(50)44-40(32)52/h1-9,20-21,24,32H,10-19,22-23H2,(H2,43,45)(H,44,50,52). The number of carbonyl (C=O) groups is 3. The summed E-state index contributed by atoms with van der Waals surface area (Å²) >= 11 is 6.28. The van der Waals surface area contributed by atoms with E-state index in [1.165, 1.54) is 5.69 Å². The maximum absolute atomic E-state index is 13.1. The van der Waals surface area contributed by atoms with Crippen LogP contribution >= 0.6 is 11.6 Å². The van der Waals surface area contributed by atoms with E-state index in [1.54, 1.807) is 29.2 Å². The highest BCUT2D eigenvalue weighted by molar-refractivity contribution is 6.35. The molecule has 0 spiro atoms. The lowest BCUT2D eigenvalue weighted by molar-refractivity contribution is -0.136. The van der Waals surface area contributed by atoms with Crippen LogP contribution in [0.2, 0.25) is 5.02 Å². The summed E-state index contributed by atoms with van der Waals surface area (Å²) in [6.45, 7) is 7.28. The number of nitrogens with one attached hydrogen (secondary N) is 1. The minimum absolute atomic E-state index is 0.138. The van der Waals surface area contributed by atoms with Gasteiger partial charge in [-0.05, 0) is 84.8 Å². The summed E-state index contributed by atoms with van der Waals surface area (Å²) in [6, 6.07) is 20.7. The van der Waals surface area contributed by atoms with E-state index < -0.39 is 6.04 Å². The Labute approximate surface area is 316 Å². The molecule has 1 atom stereocenters. The molecule has 276 valence electrons. The second kappa shape index (κ2) is 13.7. The fraction of sp³-hybridized carbons (Fsp3) is 0.341. The van der Waals surface area contributed by atoms with E-state index in [0.29, 0.717) is 51.6 Å². The van der Waals surface area contributed by atoms with E-state index in [0.717, 1.165) is 75.5 Å². The second-order valence-corrected chi connectivity index (χ2v) is 15.2. The normalized spacial score (nSPS) is 19.9. The molecule has 0 saturated carbocycles. The van der Waals surface area contributed by atoms with Crippen molar-refractivity contribution in [3.8, 4) is 11.1 Å². The number of halogens is 1. The summed E-state index contributed by atoms with van der Waals surface area (Å²) in [5.41, 5.74) is 12.5. The monoisotopic (exact) mass is 745 g/mol. The van der Waals surface area contributed by atoms with E-state index in [4.69, 9.17) is 21.8 Å². The maximum Gasteiger partial charge on any atom is 0.255 e. The molecular weight excluding hydrogens is 706 g/mol. The zero-order valence-corrected chi connectivity index (χ0v) is 30.5. The van der Waals surface area contributed by atoms with E-state index in [9.17, 15) is 19.2 Å². The maximum atomic E-state index is 13.1. The highest BCUT2D eigenvalue weighted by Gasteiger charge is 2.39. The average molecular weight is 746 g/mol. The van der Waals surface area contributed by atoms with Crippen LogP contribution in [0.15, 0.2) is 75.9 Å². The minimum atomic E-state index is -0.600. The summed E-state index contributed by atoms with van der Waals surface area (Å²) in [6.07, 6.45) is 2.87. The van der Waals surface area contributed by atoms with Gasteiger partial charge in [0.1, 0.15) is 17.4 Å². The lowest BCUT2D eigenvalue weighted by Crippen LogP contribution is -2.52. The van der Waals surface area contributed by atoms with Crippen molar-refractivity contribution in [3.05, 3.63) is 93.1 Å². The Morgan fingerprint density at radius 2 is 1.56 bits per heavy atom. The molecule has 4 aliphatic heterocycles. The first kappa shape index (κ1) is 34.3. The molecule has 3 amide bonds. The third kappa shape index (κ3) is 6.22. The predicted octanol–water partition coefficient (Wildman–Crippen LogP) is 5.04. The number of fused-ring (bicyclic) bond motifs is 3. The zero-order chi connectivity index (χ0) is 37.1. The van der Waals surface area contributed by atoms with E-state index in [2.05, 4.69) is 43.2 Å². The highest BCUT2D eigenvalue weighted by Crippen LogP contribution is 2.34. The van der Waals surface area contributed by atoms with Crippen LogP contribution in [0, 0.1) is 5.92 Å². The molecule has 3 fully saturated rings. The number of hydrogen-bond donors (Lipinski definition) is 2. The number of imide groups is 1. The van der Waals surface area contributed by atoms with Crippen LogP contribution in [0.5, 0.6) is 0 Å². The summed E-state index contributed by atoms with van der Waals surface area (Å²) in [5.74, 6) is 0.1000. The topological polar surface area (TPSA) is 145 Å². The number of piperazine rings is 1. The van der Waals surface area contributed by atoms with Gasteiger partial charge in [-0.25, -0.2) is 4.98 Å². The van der Waals surface area contributed by atoms with Gasteiger partial charge in [-0.3, -0.25) is 29.4 Å². The van der Waals surface area contributed by atoms with Gasteiger partial charge in [-0.1, -0.05) is 29.8 Å². The van der Waals surface area contributed by atoms with Crippen LogP contribution in [0.25, 0.3) is 33.2 Å². The number of nitrogens with two attached hydrogens (primary N) is 1. The molecular formula is C41H40ClN7O5. The SMILES string of the molecule is Nc1nc2c(=O)c3c(Cl)cccc3oc2cc1-c1ccc(N2CCC(CN3CCN(c4ccc5c(c4)CN(C4CCC(=O)NC4=O)C5=O)CC3)CC2)cc1. The quantitative estimate of drug-likeness (QED) is 0.179. The van der Waals surface area contributed by atoms with Crippen molar-refractivity contribution < 1.29 is 18.8 Å². The number of anilines is 3. The molecule has 0 bridgehead atoms. The molecule has 2 aromatic heterocycles. The second-order valence-electron chi connectivity index (χ2n) is 14.8. The molecule has 9 rings (SSSR count). The van der Waals surface area contributed by atoms with Gasteiger partial charge in [0, 0.05) is 81.3 Å². The van der Waals surface area contributed by atoms with Crippen LogP contribution in [-0.4, -0.2) is 84.4 Å². The van der Waals surface area contributed by atoms with E-state index in [-0.39, 0.29) is 40.9 Å². The third-order valence-corrected chi connectivity index (χ3v) is 11.9. The van der Waals surface area contributed by atoms with Gasteiger partial charge in [0.05, 0.1) is 10.4 Å². The lowest BCUT2D eigenvalue weighted by atomic mass is 9.95. The number of nitrogen functional groups attached to an aromatic ring is 1. The van der Waals surface area contributed by atoms with Crippen LogP contribution < -0.4 is 26.3 Å². The first-order valence-corrected chi connectivity index (χ1v) is 19.0. The summed E-state index contributed by atoms with van der Waals surface area (Å²) in [7, 11) is 0. The molecule has 5 aromatic rings. The third-order valence-electron chi connectivity index (χ3n) is 11.6. The molecule has 6 heterocycles. The van der Waals surface area contributed by atoms with Crippen LogP contribution in [0.1, 0.15) is 41.6 Å². The van der Waals surface area contributed by atoms with Gasteiger partial charge in [-0.2, -0.15) is 0 Å². The van der Waals surface area contributed by atoms with Crippen LogP contribution in [0.4, 0.5) is 17.2 Å². The molecule has 0 radical (unpaired) electrons. The Kier molecular flexibility index (Phi) is 8.74. The zero-order valence-electron chi connectivity index (χ0n) is 29.7. The number of carbonyl (C=O) groups excluding carboxylic acids is 3. The van der Waals surface area contributed by atoms with E-state index in [1.807, 2.05) is 24.3 Å². The smallest absolute Gasteiger partial charge is 0.255 e. The highest BCUT2D eigenvalue weighted by atomic mass is 35.5. The minimum Gasteiger partial charge on any atom is -0.454 e. The van der Waals surface area contributed by atoms with Crippen molar-refractivity contribution in [2.45, 2.75) is 38.3 Å². The number of amides is 3. The van der Waals surface area contributed by atoms with Crippen molar-refractivity contribution in [2.75, 3.05) is 61.3 Å². The molecule has 3 aromatic carbocycles. The number of pyridine rings is 1. The number of nitrogens with zero attached hydrogens (tertiary/aromatic N) is 5. The Morgan fingerprint density at radius 1 is 0.815 bits per heavy atom. The molecule has 3 N–H and O–H groups in total. The summed E-state index contributed by atoms with van der Waals surface area (Å²) < 4.78 is 6.03. The summed E-state index contributed by atoms with van der Waals surface area (Å²) in [5, 5.41) is 3.00. The van der Waals surface area contributed by atoms with Crippen LogP contribution in [-0.2, 0) is 16.1 Å². The molecule has 1 unspecified atom stereocenters. The summed E-state index contributed by atoms with van der Waals surface area (Å²) in [4.78, 5) is 63.7. The Bertz CT molecular complexity index is 2380. The van der Waals surface area contributed by atoms with Crippen molar-refractivity contribution in [1.82, 2.24) is 20.1 Å². The van der Waals surface area contributed by atoms with Gasteiger partial charge in [0.25, 0.3) is 5.91 Å². The number of benzene rings is 3. The lowest BCUT2D eigenvalue weighted by Gasteiger charge is -2.40. The number of piperidine rings is 2. The Hall–Kier alpha value is -5.46. The van der Waals surface area contributed by atoms with Crippen molar-refractivity contribution in [2.24, 2.45) is 5.92 Å². The average Bonchev–Trinajstić information content (AvgIpc) is 3.50. The van der Waals surface area contributed by atoms with E-state index >= 15 is 0 Å². The molecule has 13 heteroatoms. The molecule has 4 aliphatic rings. The molecule has 54 heavy (non-hydrogen) atoms. The fourth-order valence-electron chi connectivity index (χ4n) is 8.56. The molecule has 3 saturated heterocycles. The van der Waals surface area contributed by atoms with Gasteiger partial charge in [0.2, 0.25) is 17.2 Å². The number of hydrogen-bond acceptors (Lipinski definition) is 10. The van der Waals surface area contributed by atoms with Crippen molar-refractivity contribution in [1.29, 1.82) is 0 Å². The van der Waals surface area contributed by atoms with Crippen molar-refractivity contribution in [3.63, 3.8) is 0 Å². The number of rotatable bonds is 6. The Morgan fingerprint density at radius 3 is 2.31 bits per heavy atom. The van der Waals surface area contributed by atoms with Gasteiger partial charge < -0.3 is 24.9 Å². The van der Waals surface area contributed by atoms with Gasteiger partial charge in [-0.15, -0.1) is 0 Å². The Balaban J connectivity index is 0.780. The number of aromatic nitrogens is 1. The predicted molar refractivity (Wildman–Crippen MR) is 209 cm³/mol. The molecule has 12 nitrogen and oxygen atoms in total. The van der Waals surface area contributed by atoms with Crippen molar-refractivity contribution >= 4 is 68.6 Å².